The topological polar surface area (TPSA) is 111 Å². The standard InChI is InChI=1S/C27H33F3N8O/c1-38(25-31-14-13-23(35-25)34-24-16-22(36-37-24)17-5-2-3-6-17)21-11-9-19(10-12-21)32-26(39)33-20-8-4-7-18(15-20)27(28,29)30/h4,7-8,13-17,19,21H,2-3,5-6,9-12H2,1H3,(H2,32,33,39)(H2,31,34,35,36,37). The Morgan fingerprint density at radius 1 is 1.03 bits per heavy atom. The fourth-order valence-corrected chi connectivity index (χ4v) is 5.46. The van der Waals surface area contributed by atoms with Crippen molar-refractivity contribution in [2.75, 3.05) is 22.6 Å². The summed E-state index contributed by atoms with van der Waals surface area (Å²) in [5.41, 5.74) is 0.463. The molecule has 0 aliphatic heterocycles. The van der Waals surface area contributed by atoms with Gasteiger partial charge < -0.3 is 20.9 Å². The maximum atomic E-state index is 12.9. The summed E-state index contributed by atoms with van der Waals surface area (Å²) in [6.07, 6.45) is 5.28. The van der Waals surface area contributed by atoms with Gasteiger partial charge in [0, 0.05) is 48.7 Å². The van der Waals surface area contributed by atoms with Gasteiger partial charge in [0.1, 0.15) is 5.82 Å². The molecule has 208 valence electrons. The molecule has 12 heteroatoms. The van der Waals surface area contributed by atoms with Gasteiger partial charge in [0.2, 0.25) is 5.95 Å². The lowest BCUT2D eigenvalue weighted by molar-refractivity contribution is -0.137. The van der Waals surface area contributed by atoms with Crippen molar-refractivity contribution in [2.24, 2.45) is 0 Å². The van der Waals surface area contributed by atoms with E-state index in [-0.39, 0.29) is 17.8 Å². The number of H-pyrrole nitrogens is 1. The van der Waals surface area contributed by atoms with Crippen LogP contribution < -0.4 is 20.9 Å². The van der Waals surface area contributed by atoms with Gasteiger partial charge in [-0.3, -0.25) is 5.10 Å². The first-order chi connectivity index (χ1) is 18.7. The first-order valence-corrected chi connectivity index (χ1v) is 13.4. The molecule has 5 rings (SSSR count). The van der Waals surface area contributed by atoms with Crippen LogP contribution in [-0.2, 0) is 6.18 Å². The first kappa shape index (κ1) is 26.8. The number of urea groups is 1. The van der Waals surface area contributed by atoms with E-state index in [1.807, 2.05) is 13.1 Å². The van der Waals surface area contributed by atoms with E-state index >= 15 is 0 Å². The van der Waals surface area contributed by atoms with Crippen LogP contribution in [0.4, 0.5) is 41.2 Å². The maximum absolute atomic E-state index is 12.9. The number of nitrogens with one attached hydrogen (secondary N) is 4. The summed E-state index contributed by atoms with van der Waals surface area (Å²) in [6, 6.07) is 8.09. The van der Waals surface area contributed by atoms with Crippen LogP contribution in [0.1, 0.15) is 68.5 Å². The third-order valence-corrected chi connectivity index (χ3v) is 7.63. The molecule has 2 saturated carbocycles. The van der Waals surface area contributed by atoms with Crippen molar-refractivity contribution in [3.8, 4) is 0 Å². The second kappa shape index (κ2) is 11.5. The third-order valence-electron chi connectivity index (χ3n) is 7.63. The van der Waals surface area contributed by atoms with Crippen LogP contribution in [0.3, 0.4) is 0 Å². The lowest BCUT2D eigenvalue weighted by atomic mass is 9.90. The fourth-order valence-electron chi connectivity index (χ4n) is 5.46. The van der Waals surface area contributed by atoms with E-state index < -0.39 is 17.8 Å². The average Bonchev–Trinajstić information content (AvgIpc) is 3.61. The van der Waals surface area contributed by atoms with Gasteiger partial charge in [-0.25, -0.2) is 9.78 Å². The van der Waals surface area contributed by atoms with E-state index in [9.17, 15) is 18.0 Å². The van der Waals surface area contributed by atoms with Crippen molar-refractivity contribution in [2.45, 2.75) is 75.5 Å². The zero-order valence-electron chi connectivity index (χ0n) is 21.8. The van der Waals surface area contributed by atoms with Crippen LogP contribution in [0.2, 0.25) is 0 Å². The molecule has 0 bridgehead atoms. The Morgan fingerprint density at radius 2 is 1.79 bits per heavy atom. The number of carbonyl (C=O) groups is 1. The van der Waals surface area contributed by atoms with Crippen LogP contribution in [0.25, 0.3) is 0 Å². The van der Waals surface area contributed by atoms with Crippen molar-refractivity contribution in [3.05, 3.63) is 53.9 Å². The van der Waals surface area contributed by atoms with Gasteiger partial charge >= 0.3 is 12.2 Å². The number of aromatic amines is 1. The molecule has 2 aliphatic rings. The quantitative estimate of drug-likeness (QED) is 0.283. The molecule has 0 unspecified atom stereocenters. The molecule has 4 N–H and O–H groups in total. The number of nitrogens with zero attached hydrogens (tertiary/aromatic N) is 4. The average molecular weight is 543 g/mol. The molecule has 0 spiro atoms. The molecule has 2 aromatic heterocycles. The van der Waals surface area contributed by atoms with Crippen LogP contribution in [0.15, 0.2) is 42.6 Å². The molecule has 9 nitrogen and oxygen atoms in total. The molecule has 1 aromatic carbocycles. The predicted octanol–water partition coefficient (Wildman–Crippen LogP) is 6.19. The van der Waals surface area contributed by atoms with E-state index in [1.165, 1.54) is 37.8 Å². The summed E-state index contributed by atoms with van der Waals surface area (Å²) in [7, 11) is 1.96. The highest BCUT2D eigenvalue weighted by molar-refractivity contribution is 5.89. The van der Waals surface area contributed by atoms with Crippen molar-refractivity contribution < 1.29 is 18.0 Å². The highest BCUT2D eigenvalue weighted by atomic mass is 19.4. The molecular weight excluding hydrogens is 509 g/mol. The minimum atomic E-state index is -4.46. The monoisotopic (exact) mass is 542 g/mol. The second-order valence-electron chi connectivity index (χ2n) is 10.4. The third kappa shape index (κ3) is 6.79. The molecule has 2 aliphatic carbocycles. The minimum absolute atomic E-state index is 0.0666. The van der Waals surface area contributed by atoms with Crippen molar-refractivity contribution >= 4 is 29.3 Å². The van der Waals surface area contributed by atoms with Gasteiger partial charge in [0.05, 0.1) is 5.56 Å². The Morgan fingerprint density at radius 3 is 2.54 bits per heavy atom. The Labute approximate surface area is 225 Å². The summed E-state index contributed by atoms with van der Waals surface area (Å²) < 4.78 is 38.8. The first-order valence-electron chi connectivity index (χ1n) is 13.4. The Balaban J connectivity index is 1.11. The van der Waals surface area contributed by atoms with E-state index in [1.54, 1.807) is 6.20 Å². The minimum Gasteiger partial charge on any atom is -0.341 e. The number of amides is 2. The summed E-state index contributed by atoms with van der Waals surface area (Å²) in [6.45, 7) is 0. The lowest BCUT2D eigenvalue weighted by Gasteiger charge is -2.35. The smallest absolute Gasteiger partial charge is 0.341 e. The number of halogens is 3. The maximum Gasteiger partial charge on any atom is 0.416 e. The van der Waals surface area contributed by atoms with Gasteiger partial charge in [0.25, 0.3) is 0 Å². The van der Waals surface area contributed by atoms with E-state index in [0.29, 0.717) is 17.7 Å². The molecule has 2 fully saturated rings. The van der Waals surface area contributed by atoms with Gasteiger partial charge in [-0.15, -0.1) is 0 Å². The van der Waals surface area contributed by atoms with Gasteiger partial charge in [-0.05, 0) is 62.8 Å². The number of rotatable bonds is 7. The SMILES string of the molecule is CN(c1nccc(Nc2cc(C3CCCC3)[nH]n2)n1)C1CCC(NC(=O)Nc2cccc(C(F)(F)F)c2)CC1. The largest absolute Gasteiger partial charge is 0.416 e. The predicted molar refractivity (Wildman–Crippen MR) is 143 cm³/mol. The number of benzene rings is 1. The number of hydrogen-bond donors (Lipinski definition) is 4. The molecule has 2 amide bonds. The van der Waals surface area contributed by atoms with Crippen molar-refractivity contribution in [1.29, 1.82) is 0 Å². The number of hydrogen-bond acceptors (Lipinski definition) is 6. The molecule has 0 radical (unpaired) electrons. The Bertz CT molecular complexity index is 1270. The van der Waals surface area contributed by atoms with Crippen LogP contribution in [0, 0.1) is 0 Å². The van der Waals surface area contributed by atoms with E-state index in [2.05, 4.69) is 47.1 Å². The normalized spacial score (nSPS) is 20.0. The zero-order valence-corrected chi connectivity index (χ0v) is 21.8. The summed E-state index contributed by atoms with van der Waals surface area (Å²) in [5, 5.41) is 16.2. The fraction of sp³-hybridized carbons (Fsp3) is 0.481. The van der Waals surface area contributed by atoms with Crippen molar-refractivity contribution in [1.82, 2.24) is 25.5 Å². The van der Waals surface area contributed by atoms with Gasteiger partial charge in [0.15, 0.2) is 5.82 Å². The van der Waals surface area contributed by atoms with Crippen LogP contribution in [-0.4, -0.2) is 45.3 Å². The molecular formula is C27H33F3N8O. The molecule has 0 saturated heterocycles. The highest BCUT2D eigenvalue weighted by Gasteiger charge is 2.31. The summed E-state index contributed by atoms with van der Waals surface area (Å²) in [4.78, 5) is 23.6. The van der Waals surface area contributed by atoms with Gasteiger partial charge in [-0.2, -0.15) is 23.3 Å². The van der Waals surface area contributed by atoms with E-state index in [4.69, 9.17) is 0 Å². The van der Waals surface area contributed by atoms with Crippen LogP contribution in [0.5, 0.6) is 0 Å². The summed E-state index contributed by atoms with van der Waals surface area (Å²) >= 11 is 0. The number of anilines is 4. The Hall–Kier alpha value is -3.83. The second-order valence-corrected chi connectivity index (χ2v) is 10.4. The lowest BCUT2D eigenvalue weighted by Crippen LogP contribution is -2.44. The number of aromatic nitrogens is 4. The highest BCUT2D eigenvalue weighted by Crippen LogP contribution is 2.34. The van der Waals surface area contributed by atoms with Crippen LogP contribution >= 0.6 is 0 Å². The van der Waals surface area contributed by atoms with Crippen molar-refractivity contribution in [3.63, 3.8) is 0 Å². The number of carbonyl (C=O) groups excluding carboxylic acids is 1. The number of alkyl halides is 3. The van der Waals surface area contributed by atoms with E-state index in [0.717, 1.165) is 49.3 Å². The Kier molecular flexibility index (Phi) is 7.89. The molecule has 2 heterocycles. The molecule has 3 aromatic rings. The summed E-state index contributed by atoms with van der Waals surface area (Å²) in [5.74, 6) is 2.55. The molecule has 39 heavy (non-hydrogen) atoms. The molecule has 0 atom stereocenters. The van der Waals surface area contributed by atoms with Gasteiger partial charge in [-0.1, -0.05) is 18.9 Å². The zero-order chi connectivity index (χ0) is 27.4.